The Morgan fingerprint density at radius 1 is 1.25 bits per heavy atom. The lowest BCUT2D eigenvalue weighted by molar-refractivity contribution is 0.260. The van der Waals surface area contributed by atoms with Crippen molar-refractivity contribution in [1.29, 1.82) is 0 Å². The molecule has 0 spiro atoms. The summed E-state index contributed by atoms with van der Waals surface area (Å²) < 4.78 is 0. The third-order valence-electron chi connectivity index (χ3n) is 4.02. The molecule has 3 heteroatoms. The SMILES string of the molecule is CCN(CCNC1CCCC(N)C1)C1CC1. The quantitative estimate of drug-likeness (QED) is 0.716. The highest BCUT2D eigenvalue weighted by molar-refractivity contribution is 4.85. The fourth-order valence-corrected chi connectivity index (χ4v) is 2.86. The first-order valence-electron chi connectivity index (χ1n) is 7.02. The van der Waals surface area contributed by atoms with Crippen molar-refractivity contribution in [2.24, 2.45) is 5.73 Å². The summed E-state index contributed by atoms with van der Waals surface area (Å²) in [6, 6.07) is 2.03. The predicted octanol–water partition coefficient (Wildman–Crippen LogP) is 1.33. The first-order chi connectivity index (χ1) is 7.79. The molecule has 2 aliphatic rings. The van der Waals surface area contributed by atoms with E-state index < -0.39 is 0 Å². The molecule has 0 aromatic heterocycles. The van der Waals surface area contributed by atoms with Gasteiger partial charge in [0, 0.05) is 31.2 Å². The molecule has 2 saturated carbocycles. The maximum absolute atomic E-state index is 5.99. The van der Waals surface area contributed by atoms with E-state index in [2.05, 4.69) is 17.1 Å². The number of hydrogen-bond donors (Lipinski definition) is 2. The van der Waals surface area contributed by atoms with Gasteiger partial charge < -0.3 is 11.1 Å². The summed E-state index contributed by atoms with van der Waals surface area (Å²) in [6.45, 7) is 5.83. The minimum atomic E-state index is 0.442. The van der Waals surface area contributed by atoms with Gasteiger partial charge in [-0.1, -0.05) is 13.3 Å². The Hall–Kier alpha value is -0.120. The number of nitrogens with zero attached hydrogens (tertiary/aromatic N) is 1. The summed E-state index contributed by atoms with van der Waals surface area (Å²) in [7, 11) is 0. The van der Waals surface area contributed by atoms with E-state index >= 15 is 0 Å². The van der Waals surface area contributed by atoms with Crippen LogP contribution in [0.3, 0.4) is 0 Å². The van der Waals surface area contributed by atoms with Crippen molar-refractivity contribution in [2.75, 3.05) is 19.6 Å². The van der Waals surface area contributed by atoms with E-state index in [1.165, 1.54) is 51.6 Å². The first kappa shape index (κ1) is 12.3. The second-order valence-corrected chi connectivity index (χ2v) is 5.44. The molecule has 2 aliphatic carbocycles. The van der Waals surface area contributed by atoms with E-state index in [-0.39, 0.29) is 0 Å². The van der Waals surface area contributed by atoms with E-state index in [1.807, 2.05) is 0 Å². The molecular weight excluding hydrogens is 198 g/mol. The smallest absolute Gasteiger partial charge is 0.0110 e. The van der Waals surface area contributed by atoms with Crippen molar-refractivity contribution >= 4 is 0 Å². The van der Waals surface area contributed by atoms with Crippen LogP contribution in [0.25, 0.3) is 0 Å². The molecule has 2 unspecified atom stereocenters. The average Bonchev–Trinajstić information content (AvgIpc) is 3.08. The normalized spacial score (nSPS) is 30.9. The first-order valence-corrected chi connectivity index (χ1v) is 7.02. The van der Waals surface area contributed by atoms with Crippen LogP contribution in [-0.2, 0) is 0 Å². The molecule has 0 saturated heterocycles. The second kappa shape index (κ2) is 5.99. The second-order valence-electron chi connectivity index (χ2n) is 5.44. The van der Waals surface area contributed by atoms with Gasteiger partial charge in [-0.15, -0.1) is 0 Å². The minimum absolute atomic E-state index is 0.442. The molecular formula is C13H27N3. The highest BCUT2D eigenvalue weighted by atomic mass is 15.2. The third kappa shape index (κ3) is 3.72. The number of nitrogens with two attached hydrogens (primary N) is 1. The van der Waals surface area contributed by atoms with Crippen LogP contribution in [-0.4, -0.2) is 42.7 Å². The molecule has 0 heterocycles. The molecule has 2 rings (SSSR count). The van der Waals surface area contributed by atoms with Gasteiger partial charge in [-0.3, -0.25) is 4.90 Å². The zero-order valence-electron chi connectivity index (χ0n) is 10.6. The maximum Gasteiger partial charge on any atom is 0.0110 e. The maximum atomic E-state index is 5.99. The van der Waals surface area contributed by atoms with Gasteiger partial charge in [-0.05, 0) is 38.6 Å². The Kier molecular flexibility index (Phi) is 4.62. The lowest BCUT2D eigenvalue weighted by Crippen LogP contribution is -2.42. The van der Waals surface area contributed by atoms with Crippen molar-refractivity contribution in [3.05, 3.63) is 0 Å². The topological polar surface area (TPSA) is 41.3 Å². The zero-order valence-corrected chi connectivity index (χ0v) is 10.6. The van der Waals surface area contributed by atoms with Crippen molar-refractivity contribution in [3.63, 3.8) is 0 Å². The van der Waals surface area contributed by atoms with Crippen LogP contribution in [0.2, 0.25) is 0 Å². The average molecular weight is 225 g/mol. The van der Waals surface area contributed by atoms with Crippen LogP contribution in [0.5, 0.6) is 0 Å². The van der Waals surface area contributed by atoms with E-state index in [9.17, 15) is 0 Å². The number of likely N-dealkylation sites (N-methyl/N-ethyl adjacent to an activating group) is 1. The van der Waals surface area contributed by atoms with E-state index in [4.69, 9.17) is 5.73 Å². The van der Waals surface area contributed by atoms with Gasteiger partial charge in [0.05, 0.1) is 0 Å². The molecule has 0 amide bonds. The van der Waals surface area contributed by atoms with Crippen LogP contribution in [0, 0.1) is 0 Å². The predicted molar refractivity (Wildman–Crippen MR) is 68.5 cm³/mol. The van der Waals surface area contributed by atoms with Gasteiger partial charge in [-0.2, -0.15) is 0 Å². The third-order valence-corrected chi connectivity index (χ3v) is 4.02. The van der Waals surface area contributed by atoms with Crippen LogP contribution < -0.4 is 11.1 Å². The fraction of sp³-hybridized carbons (Fsp3) is 1.00. The molecule has 3 N–H and O–H groups in total. The van der Waals surface area contributed by atoms with Gasteiger partial charge in [0.1, 0.15) is 0 Å². The number of rotatable bonds is 6. The van der Waals surface area contributed by atoms with Crippen LogP contribution in [0.15, 0.2) is 0 Å². The summed E-state index contributed by atoms with van der Waals surface area (Å²) in [5.74, 6) is 0. The Balaban J connectivity index is 1.59. The molecule has 16 heavy (non-hydrogen) atoms. The van der Waals surface area contributed by atoms with E-state index in [0.717, 1.165) is 12.6 Å². The molecule has 94 valence electrons. The van der Waals surface area contributed by atoms with E-state index in [0.29, 0.717) is 12.1 Å². The summed E-state index contributed by atoms with van der Waals surface area (Å²) >= 11 is 0. The lowest BCUT2D eigenvalue weighted by atomic mass is 9.92. The summed E-state index contributed by atoms with van der Waals surface area (Å²) in [5, 5.41) is 3.68. The molecule has 0 bridgehead atoms. The standard InChI is InChI=1S/C13H27N3/c1-2-16(13-6-7-13)9-8-15-12-5-3-4-11(14)10-12/h11-13,15H,2-10,14H2,1H3. The summed E-state index contributed by atoms with van der Waals surface area (Å²) in [4.78, 5) is 2.61. The van der Waals surface area contributed by atoms with Gasteiger partial charge in [0.2, 0.25) is 0 Å². The van der Waals surface area contributed by atoms with Crippen molar-refractivity contribution < 1.29 is 0 Å². The largest absolute Gasteiger partial charge is 0.328 e. The van der Waals surface area contributed by atoms with Crippen molar-refractivity contribution in [2.45, 2.75) is 63.6 Å². The number of nitrogens with one attached hydrogen (secondary N) is 1. The monoisotopic (exact) mass is 225 g/mol. The molecule has 3 nitrogen and oxygen atoms in total. The fourth-order valence-electron chi connectivity index (χ4n) is 2.86. The van der Waals surface area contributed by atoms with Crippen LogP contribution >= 0.6 is 0 Å². The Bertz CT molecular complexity index is 203. The van der Waals surface area contributed by atoms with E-state index in [1.54, 1.807) is 0 Å². The van der Waals surface area contributed by atoms with Crippen LogP contribution in [0.1, 0.15) is 45.4 Å². The Morgan fingerprint density at radius 2 is 2.06 bits per heavy atom. The molecule has 2 fully saturated rings. The van der Waals surface area contributed by atoms with Crippen molar-refractivity contribution in [1.82, 2.24) is 10.2 Å². The zero-order chi connectivity index (χ0) is 11.4. The van der Waals surface area contributed by atoms with Crippen molar-refractivity contribution in [3.8, 4) is 0 Å². The minimum Gasteiger partial charge on any atom is -0.328 e. The van der Waals surface area contributed by atoms with Gasteiger partial charge in [0.25, 0.3) is 0 Å². The molecule has 0 aromatic rings. The molecule has 2 atom stereocenters. The number of hydrogen-bond acceptors (Lipinski definition) is 3. The Labute approximate surface area is 99.8 Å². The highest BCUT2D eigenvalue weighted by Gasteiger charge is 2.27. The molecule has 0 aromatic carbocycles. The van der Waals surface area contributed by atoms with Crippen LogP contribution in [0.4, 0.5) is 0 Å². The Morgan fingerprint density at radius 3 is 2.69 bits per heavy atom. The van der Waals surface area contributed by atoms with Gasteiger partial charge >= 0.3 is 0 Å². The highest BCUT2D eigenvalue weighted by Crippen LogP contribution is 2.26. The molecule has 0 aliphatic heterocycles. The lowest BCUT2D eigenvalue weighted by Gasteiger charge is -2.28. The van der Waals surface area contributed by atoms with Gasteiger partial charge in [-0.25, -0.2) is 0 Å². The van der Waals surface area contributed by atoms with Gasteiger partial charge in [0.15, 0.2) is 0 Å². The summed E-state index contributed by atoms with van der Waals surface area (Å²) in [6.07, 6.45) is 7.86. The summed E-state index contributed by atoms with van der Waals surface area (Å²) in [5.41, 5.74) is 5.99. The molecule has 0 radical (unpaired) electrons.